The molecule has 0 radical (unpaired) electrons. The van der Waals surface area contributed by atoms with E-state index in [1.165, 1.54) is 10.1 Å². The molecule has 0 amide bonds. The number of aromatic amines is 1. The number of carbonyl (C=O) groups excluding carboxylic acids is 3. The normalized spacial score (nSPS) is 11.2. The maximum absolute atomic E-state index is 12.2. The van der Waals surface area contributed by atoms with E-state index in [1.807, 2.05) is 56.3 Å². The van der Waals surface area contributed by atoms with Crippen molar-refractivity contribution in [1.29, 1.82) is 10.5 Å². The molecule has 244 valence electrons. The lowest BCUT2D eigenvalue weighted by Crippen LogP contribution is -2.29. The number of carbonyl (C=O) groups is 3. The third-order valence-electron chi connectivity index (χ3n) is 5.49. The number of nitrogens with zero attached hydrogens (tertiary/aromatic N) is 3. The van der Waals surface area contributed by atoms with Crippen molar-refractivity contribution >= 4 is 40.2 Å². The first kappa shape index (κ1) is 36.9. The quantitative estimate of drug-likeness (QED) is 0.114. The van der Waals surface area contributed by atoms with E-state index >= 15 is 0 Å². The van der Waals surface area contributed by atoms with Crippen LogP contribution in [0.4, 0.5) is 14.4 Å². The Morgan fingerprint density at radius 3 is 1.65 bits per heavy atom. The van der Waals surface area contributed by atoms with Crippen molar-refractivity contribution in [2.75, 3.05) is 0 Å². The van der Waals surface area contributed by atoms with Crippen LogP contribution in [0.3, 0.4) is 0 Å². The molecule has 0 fully saturated rings. The van der Waals surface area contributed by atoms with Crippen molar-refractivity contribution < 1.29 is 33.3 Å². The summed E-state index contributed by atoms with van der Waals surface area (Å²) < 4.78 is 20.5. The van der Waals surface area contributed by atoms with Gasteiger partial charge in [-0.05, 0) is 113 Å². The molecule has 4 rings (SSSR count). The van der Waals surface area contributed by atoms with Gasteiger partial charge in [0.2, 0.25) is 0 Å². The summed E-state index contributed by atoms with van der Waals surface area (Å²) in [5.74, 6) is 0. The SMILES string of the molecule is CC(C)(C)OC(=O)OC(=O)OC(C)(C)C.Cc1ccc2[nH]c(C#N)cc2c1.Cc1ccc2c(c1)cc(C#N)n2C(=O)OC(C)(C)C. The predicted molar refractivity (Wildman–Crippen MR) is 174 cm³/mol. The first-order valence-electron chi connectivity index (χ1n) is 14.5. The van der Waals surface area contributed by atoms with Gasteiger partial charge in [0.05, 0.1) is 5.52 Å². The van der Waals surface area contributed by atoms with E-state index in [4.69, 9.17) is 24.7 Å². The van der Waals surface area contributed by atoms with Crippen LogP contribution in [0.5, 0.6) is 0 Å². The van der Waals surface area contributed by atoms with Gasteiger partial charge in [0, 0.05) is 16.3 Å². The summed E-state index contributed by atoms with van der Waals surface area (Å²) >= 11 is 0. The number of aromatic nitrogens is 2. The number of hydrogen-bond donors (Lipinski definition) is 1. The van der Waals surface area contributed by atoms with Crippen molar-refractivity contribution in [3.8, 4) is 12.1 Å². The van der Waals surface area contributed by atoms with Crippen molar-refractivity contribution in [1.82, 2.24) is 9.55 Å². The van der Waals surface area contributed by atoms with Gasteiger partial charge in [0.1, 0.15) is 40.3 Å². The first-order chi connectivity index (χ1) is 21.1. The van der Waals surface area contributed by atoms with Crippen molar-refractivity contribution in [3.63, 3.8) is 0 Å². The molecule has 0 bridgehead atoms. The van der Waals surface area contributed by atoms with Gasteiger partial charge in [-0.25, -0.2) is 19.0 Å². The summed E-state index contributed by atoms with van der Waals surface area (Å²) in [6.45, 7) is 19.4. The van der Waals surface area contributed by atoms with E-state index in [0.29, 0.717) is 11.2 Å². The minimum Gasteiger partial charge on any atom is -0.443 e. The van der Waals surface area contributed by atoms with E-state index in [0.717, 1.165) is 21.9 Å². The summed E-state index contributed by atoms with van der Waals surface area (Å²) in [5.41, 5.74) is 2.94. The van der Waals surface area contributed by atoms with Crippen molar-refractivity contribution in [2.45, 2.75) is 93.0 Å². The molecule has 0 saturated carbocycles. The van der Waals surface area contributed by atoms with E-state index in [2.05, 4.69) is 21.9 Å². The Morgan fingerprint density at radius 1 is 0.674 bits per heavy atom. The number of hydrogen-bond acceptors (Lipinski definition) is 9. The maximum Gasteiger partial charge on any atom is 0.519 e. The standard InChI is InChI=1S/C15H16N2O2.C10H8N2.C10H18O5/c1-10-5-6-13-11(7-10)8-12(9-16)17(13)14(18)19-15(2,3)4;1-7-2-3-10-8(4-7)5-9(6-11)12-10;1-9(2,3)14-7(11)13-8(12)15-10(4,5)6/h5-8H,1-4H3;2-5,12H,1H3;1-6H3. The van der Waals surface area contributed by atoms with Crippen LogP contribution in [0.1, 0.15) is 84.8 Å². The molecule has 1 N–H and O–H groups in total. The third kappa shape index (κ3) is 12.0. The molecule has 2 aromatic carbocycles. The summed E-state index contributed by atoms with van der Waals surface area (Å²) in [6, 6.07) is 19.4. The fraction of sp³-hybridized carbons (Fsp3) is 0.400. The number of aryl methyl sites for hydroxylation is 2. The topological polar surface area (TPSA) is 156 Å². The van der Waals surface area contributed by atoms with Gasteiger partial charge < -0.3 is 23.9 Å². The molecule has 11 heteroatoms. The number of H-pyrrole nitrogens is 1. The Balaban J connectivity index is 0.000000247. The molecule has 0 aliphatic carbocycles. The van der Waals surface area contributed by atoms with Crippen LogP contribution in [-0.2, 0) is 18.9 Å². The number of nitriles is 2. The van der Waals surface area contributed by atoms with Crippen LogP contribution in [-0.4, -0.2) is 44.8 Å². The van der Waals surface area contributed by atoms with Crippen LogP contribution in [0.15, 0.2) is 48.5 Å². The molecule has 0 aliphatic rings. The van der Waals surface area contributed by atoms with Crippen LogP contribution in [0, 0.1) is 36.5 Å². The summed E-state index contributed by atoms with van der Waals surface area (Å²) in [5, 5.41) is 19.8. The molecular formula is C35H42N4O7. The molecule has 46 heavy (non-hydrogen) atoms. The minimum absolute atomic E-state index is 0.287. The summed E-state index contributed by atoms with van der Waals surface area (Å²) in [6.07, 6.45) is -2.64. The average Bonchev–Trinajstić information content (AvgIpc) is 3.46. The fourth-order valence-electron chi connectivity index (χ4n) is 3.84. The van der Waals surface area contributed by atoms with Gasteiger partial charge in [-0.3, -0.25) is 0 Å². The zero-order valence-corrected chi connectivity index (χ0v) is 28.3. The molecule has 0 aliphatic heterocycles. The molecule has 2 heterocycles. The second kappa shape index (κ2) is 14.7. The van der Waals surface area contributed by atoms with Crippen LogP contribution < -0.4 is 0 Å². The predicted octanol–water partition coefficient (Wildman–Crippen LogP) is 8.83. The Hall–Kier alpha value is -5.29. The molecule has 0 spiro atoms. The highest BCUT2D eigenvalue weighted by molar-refractivity contribution is 5.92. The number of nitrogens with one attached hydrogen (secondary N) is 1. The highest BCUT2D eigenvalue weighted by Gasteiger charge is 2.24. The van der Waals surface area contributed by atoms with Gasteiger partial charge in [0.25, 0.3) is 0 Å². The molecule has 11 nitrogen and oxygen atoms in total. The highest BCUT2D eigenvalue weighted by atomic mass is 16.8. The zero-order chi connectivity index (χ0) is 35.0. The summed E-state index contributed by atoms with van der Waals surface area (Å²) in [4.78, 5) is 37.2. The first-order valence-corrected chi connectivity index (χ1v) is 14.5. The van der Waals surface area contributed by atoms with Crippen LogP contribution in [0.2, 0.25) is 0 Å². The molecule has 4 aromatic rings. The molecule has 0 atom stereocenters. The van der Waals surface area contributed by atoms with Gasteiger partial charge in [0.15, 0.2) is 0 Å². The molecule has 2 aromatic heterocycles. The Morgan fingerprint density at radius 2 is 1.17 bits per heavy atom. The second-order valence-electron chi connectivity index (χ2n) is 13.4. The number of rotatable bonds is 0. The van der Waals surface area contributed by atoms with Gasteiger partial charge in [-0.15, -0.1) is 0 Å². The number of ether oxygens (including phenoxy) is 4. The Bertz CT molecular complexity index is 1770. The third-order valence-corrected chi connectivity index (χ3v) is 5.49. The van der Waals surface area contributed by atoms with E-state index in [9.17, 15) is 14.4 Å². The molecular weight excluding hydrogens is 588 g/mol. The lowest BCUT2D eigenvalue weighted by atomic mass is 10.2. The highest BCUT2D eigenvalue weighted by Crippen LogP contribution is 2.23. The van der Waals surface area contributed by atoms with Crippen molar-refractivity contribution in [3.05, 3.63) is 71.0 Å². The van der Waals surface area contributed by atoms with E-state index < -0.39 is 35.2 Å². The smallest absolute Gasteiger partial charge is 0.443 e. The van der Waals surface area contributed by atoms with Gasteiger partial charge in [-0.1, -0.05) is 23.3 Å². The van der Waals surface area contributed by atoms with Crippen LogP contribution in [0.25, 0.3) is 21.8 Å². The zero-order valence-electron chi connectivity index (χ0n) is 28.3. The summed E-state index contributed by atoms with van der Waals surface area (Å²) in [7, 11) is 0. The number of benzene rings is 2. The lowest BCUT2D eigenvalue weighted by Gasteiger charge is -2.20. The Labute approximate surface area is 269 Å². The Kier molecular flexibility index (Phi) is 11.8. The maximum atomic E-state index is 12.2. The van der Waals surface area contributed by atoms with E-state index in [1.54, 1.807) is 68.4 Å². The number of fused-ring (bicyclic) bond motifs is 2. The van der Waals surface area contributed by atoms with Gasteiger partial charge in [-0.2, -0.15) is 10.5 Å². The monoisotopic (exact) mass is 630 g/mol. The average molecular weight is 631 g/mol. The molecule has 0 saturated heterocycles. The van der Waals surface area contributed by atoms with E-state index in [-0.39, 0.29) is 5.69 Å². The fourth-order valence-corrected chi connectivity index (χ4v) is 3.84. The largest absolute Gasteiger partial charge is 0.519 e. The van der Waals surface area contributed by atoms with Crippen molar-refractivity contribution in [2.24, 2.45) is 0 Å². The lowest BCUT2D eigenvalue weighted by molar-refractivity contribution is -0.0294. The van der Waals surface area contributed by atoms with Crippen LogP contribution >= 0.6 is 0 Å². The minimum atomic E-state index is -1.06. The second-order valence-corrected chi connectivity index (χ2v) is 13.4. The van der Waals surface area contributed by atoms with Gasteiger partial charge >= 0.3 is 18.4 Å². The molecule has 0 unspecified atom stereocenters.